The predicted molar refractivity (Wildman–Crippen MR) is 74.9 cm³/mol. The summed E-state index contributed by atoms with van der Waals surface area (Å²) in [4.78, 5) is 2.24. The molecule has 0 spiro atoms. The number of benzene rings is 1. The van der Waals surface area contributed by atoms with Crippen LogP contribution in [0.4, 0.5) is 10.1 Å². The van der Waals surface area contributed by atoms with Crippen molar-refractivity contribution >= 4 is 17.3 Å². The zero-order valence-corrected chi connectivity index (χ0v) is 11.7. The first-order valence-electron chi connectivity index (χ1n) is 6.52. The molecule has 0 aromatic heterocycles. The van der Waals surface area contributed by atoms with Gasteiger partial charge in [0.25, 0.3) is 0 Å². The number of anilines is 1. The lowest BCUT2D eigenvalue weighted by molar-refractivity contribution is 0.394. The van der Waals surface area contributed by atoms with Crippen LogP contribution < -0.4 is 10.2 Å². The van der Waals surface area contributed by atoms with E-state index in [1.54, 1.807) is 6.07 Å². The predicted octanol–water partition coefficient (Wildman–Crippen LogP) is 3.45. The average Bonchev–Trinajstić information content (AvgIpc) is 2.28. The molecule has 1 aliphatic rings. The highest BCUT2D eigenvalue weighted by molar-refractivity contribution is 6.33. The second-order valence-corrected chi connectivity index (χ2v) is 5.61. The fraction of sp³-hybridized carbons (Fsp3) is 0.571. The van der Waals surface area contributed by atoms with Crippen molar-refractivity contribution in [3.8, 4) is 0 Å². The summed E-state index contributed by atoms with van der Waals surface area (Å²) in [7, 11) is 0. The SMILES string of the molecule is CC(C)NC1CCCN(c2ccc(F)cc2Cl)C1. The Labute approximate surface area is 113 Å². The summed E-state index contributed by atoms with van der Waals surface area (Å²) in [5, 5.41) is 4.05. The number of hydrogen-bond acceptors (Lipinski definition) is 2. The van der Waals surface area contributed by atoms with Crippen LogP contribution in [-0.4, -0.2) is 25.2 Å². The van der Waals surface area contributed by atoms with Gasteiger partial charge in [-0.3, -0.25) is 0 Å². The van der Waals surface area contributed by atoms with Crippen molar-refractivity contribution < 1.29 is 4.39 Å². The number of nitrogens with one attached hydrogen (secondary N) is 1. The van der Waals surface area contributed by atoms with Gasteiger partial charge in [0, 0.05) is 25.2 Å². The Morgan fingerprint density at radius 3 is 2.89 bits per heavy atom. The molecular formula is C14H20ClFN2. The highest BCUT2D eigenvalue weighted by Gasteiger charge is 2.21. The Balaban J connectivity index is 2.08. The van der Waals surface area contributed by atoms with E-state index in [0.717, 1.165) is 25.2 Å². The third-order valence-electron chi connectivity index (χ3n) is 3.24. The molecule has 1 aliphatic heterocycles. The Morgan fingerprint density at radius 2 is 2.22 bits per heavy atom. The van der Waals surface area contributed by atoms with E-state index in [1.807, 2.05) is 0 Å². The number of piperidine rings is 1. The zero-order chi connectivity index (χ0) is 13.1. The minimum Gasteiger partial charge on any atom is -0.369 e. The fourth-order valence-corrected chi connectivity index (χ4v) is 2.83. The monoisotopic (exact) mass is 270 g/mol. The van der Waals surface area contributed by atoms with Gasteiger partial charge in [0.1, 0.15) is 5.82 Å². The molecule has 2 rings (SSSR count). The van der Waals surface area contributed by atoms with Crippen LogP contribution in [0.1, 0.15) is 26.7 Å². The lowest BCUT2D eigenvalue weighted by Gasteiger charge is -2.36. The summed E-state index contributed by atoms with van der Waals surface area (Å²) in [5.41, 5.74) is 0.938. The van der Waals surface area contributed by atoms with Crippen LogP contribution in [0, 0.1) is 5.82 Å². The van der Waals surface area contributed by atoms with Crippen LogP contribution in [0.2, 0.25) is 5.02 Å². The summed E-state index contributed by atoms with van der Waals surface area (Å²) in [6.45, 7) is 6.23. The topological polar surface area (TPSA) is 15.3 Å². The van der Waals surface area contributed by atoms with Crippen LogP contribution in [-0.2, 0) is 0 Å². The van der Waals surface area contributed by atoms with Crippen molar-refractivity contribution in [3.05, 3.63) is 29.0 Å². The van der Waals surface area contributed by atoms with Crippen LogP contribution in [0.3, 0.4) is 0 Å². The first-order chi connectivity index (χ1) is 8.56. The van der Waals surface area contributed by atoms with Crippen molar-refractivity contribution in [3.63, 3.8) is 0 Å². The molecule has 1 saturated heterocycles. The van der Waals surface area contributed by atoms with Gasteiger partial charge >= 0.3 is 0 Å². The van der Waals surface area contributed by atoms with Crippen molar-refractivity contribution in [1.29, 1.82) is 0 Å². The van der Waals surface area contributed by atoms with E-state index in [4.69, 9.17) is 11.6 Å². The number of nitrogens with zero attached hydrogens (tertiary/aromatic N) is 1. The van der Waals surface area contributed by atoms with Crippen molar-refractivity contribution in [2.45, 2.75) is 38.8 Å². The molecule has 1 aromatic carbocycles. The van der Waals surface area contributed by atoms with E-state index in [9.17, 15) is 4.39 Å². The molecule has 0 bridgehead atoms. The van der Waals surface area contributed by atoms with Gasteiger partial charge in [-0.2, -0.15) is 0 Å². The third kappa shape index (κ3) is 3.36. The Kier molecular flexibility index (Phi) is 4.46. The standard InChI is InChI=1S/C14H20ClFN2/c1-10(2)17-12-4-3-7-18(9-12)14-6-5-11(16)8-13(14)15/h5-6,8,10,12,17H,3-4,7,9H2,1-2H3. The second kappa shape index (κ2) is 5.89. The van der Waals surface area contributed by atoms with E-state index in [0.29, 0.717) is 17.1 Å². The molecule has 0 amide bonds. The maximum absolute atomic E-state index is 13.0. The first-order valence-corrected chi connectivity index (χ1v) is 6.90. The first kappa shape index (κ1) is 13.6. The van der Waals surface area contributed by atoms with E-state index in [1.165, 1.54) is 18.6 Å². The van der Waals surface area contributed by atoms with Crippen molar-refractivity contribution in [2.75, 3.05) is 18.0 Å². The molecule has 1 heterocycles. The molecule has 1 N–H and O–H groups in total. The van der Waals surface area contributed by atoms with Crippen LogP contribution in [0.5, 0.6) is 0 Å². The van der Waals surface area contributed by atoms with Crippen LogP contribution in [0.25, 0.3) is 0 Å². The molecule has 0 aliphatic carbocycles. The summed E-state index contributed by atoms with van der Waals surface area (Å²) < 4.78 is 13.0. The van der Waals surface area contributed by atoms with Crippen LogP contribution >= 0.6 is 11.6 Å². The Bertz CT molecular complexity index is 409. The van der Waals surface area contributed by atoms with Gasteiger partial charge in [-0.05, 0) is 31.0 Å². The van der Waals surface area contributed by atoms with E-state index < -0.39 is 0 Å². The summed E-state index contributed by atoms with van der Waals surface area (Å²) in [5.74, 6) is -0.280. The molecule has 0 radical (unpaired) electrons. The fourth-order valence-electron chi connectivity index (χ4n) is 2.54. The smallest absolute Gasteiger partial charge is 0.124 e. The minimum absolute atomic E-state index is 0.280. The quantitative estimate of drug-likeness (QED) is 0.905. The number of halogens is 2. The average molecular weight is 271 g/mol. The molecule has 1 aromatic rings. The highest BCUT2D eigenvalue weighted by atomic mass is 35.5. The highest BCUT2D eigenvalue weighted by Crippen LogP contribution is 2.28. The molecule has 100 valence electrons. The summed E-state index contributed by atoms with van der Waals surface area (Å²) in [6, 6.07) is 5.60. The Hall–Kier alpha value is -0.800. The Morgan fingerprint density at radius 1 is 1.44 bits per heavy atom. The van der Waals surface area contributed by atoms with Gasteiger partial charge in [0.2, 0.25) is 0 Å². The van der Waals surface area contributed by atoms with Crippen molar-refractivity contribution in [2.24, 2.45) is 0 Å². The van der Waals surface area contributed by atoms with E-state index in [2.05, 4.69) is 24.1 Å². The lowest BCUT2D eigenvalue weighted by atomic mass is 10.0. The molecule has 4 heteroatoms. The number of rotatable bonds is 3. The van der Waals surface area contributed by atoms with E-state index in [-0.39, 0.29) is 5.82 Å². The number of hydrogen-bond donors (Lipinski definition) is 1. The van der Waals surface area contributed by atoms with Crippen molar-refractivity contribution in [1.82, 2.24) is 5.32 Å². The normalized spacial score (nSPS) is 20.5. The van der Waals surface area contributed by atoms with Gasteiger partial charge in [-0.25, -0.2) is 4.39 Å². The molecule has 1 unspecified atom stereocenters. The summed E-state index contributed by atoms with van der Waals surface area (Å²) in [6.07, 6.45) is 2.32. The van der Waals surface area contributed by atoms with E-state index >= 15 is 0 Å². The largest absolute Gasteiger partial charge is 0.369 e. The molecule has 1 atom stereocenters. The molecular weight excluding hydrogens is 251 g/mol. The lowest BCUT2D eigenvalue weighted by Crippen LogP contribution is -2.48. The van der Waals surface area contributed by atoms with Crippen LogP contribution in [0.15, 0.2) is 18.2 Å². The molecule has 0 saturated carbocycles. The maximum Gasteiger partial charge on any atom is 0.124 e. The maximum atomic E-state index is 13.0. The third-order valence-corrected chi connectivity index (χ3v) is 3.54. The van der Waals surface area contributed by atoms with Gasteiger partial charge in [-0.15, -0.1) is 0 Å². The zero-order valence-electron chi connectivity index (χ0n) is 10.9. The summed E-state index contributed by atoms with van der Waals surface area (Å²) >= 11 is 6.11. The second-order valence-electron chi connectivity index (χ2n) is 5.20. The molecule has 18 heavy (non-hydrogen) atoms. The van der Waals surface area contributed by atoms with Gasteiger partial charge in [-0.1, -0.05) is 25.4 Å². The minimum atomic E-state index is -0.280. The molecule has 2 nitrogen and oxygen atoms in total. The molecule has 1 fully saturated rings. The van der Waals surface area contributed by atoms with Gasteiger partial charge < -0.3 is 10.2 Å². The van der Waals surface area contributed by atoms with Gasteiger partial charge in [0.15, 0.2) is 0 Å². The van der Waals surface area contributed by atoms with Gasteiger partial charge in [0.05, 0.1) is 10.7 Å².